The van der Waals surface area contributed by atoms with Gasteiger partial charge >= 0.3 is 5.97 Å². The number of hydrogen-bond donors (Lipinski definition) is 1. The van der Waals surface area contributed by atoms with Crippen molar-refractivity contribution in [3.63, 3.8) is 0 Å². The molecule has 0 aliphatic rings. The zero-order chi connectivity index (χ0) is 23.0. The molecular weight excluding hydrogens is 468 g/mol. The first-order chi connectivity index (χ1) is 15.2. The molecule has 164 valence electrons. The topological polar surface area (TPSA) is 85.4 Å². The van der Waals surface area contributed by atoms with Gasteiger partial charge in [0.15, 0.2) is 0 Å². The number of sulfonamides is 1. The molecular formula is C23H19ClN2O4S2. The molecule has 0 atom stereocenters. The van der Waals surface area contributed by atoms with Crippen molar-refractivity contribution >= 4 is 54.8 Å². The van der Waals surface area contributed by atoms with Crippen molar-refractivity contribution in [1.29, 1.82) is 0 Å². The Balaban J connectivity index is 1.99. The minimum Gasteiger partial charge on any atom is -0.465 e. The van der Waals surface area contributed by atoms with E-state index in [1.807, 2.05) is 31.2 Å². The number of ether oxygens (including phenoxy) is 1. The smallest absolute Gasteiger partial charge is 0.348 e. The number of rotatable bonds is 5. The number of esters is 1. The Morgan fingerprint density at radius 1 is 1.09 bits per heavy atom. The number of carbonyl (C=O) groups excluding carboxylic acids is 1. The number of thiophene rings is 1. The SMILES string of the molecule is COC(=O)c1sc2nc(C)cc(NS(=O)(=O)c3cccc(Cl)c3)c2c1-c1cccc(C)c1. The van der Waals surface area contributed by atoms with Gasteiger partial charge in [0.2, 0.25) is 0 Å². The molecule has 2 aromatic carbocycles. The first-order valence-corrected chi connectivity index (χ1v) is 12.3. The van der Waals surface area contributed by atoms with Crippen molar-refractivity contribution in [2.45, 2.75) is 18.7 Å². The molecule has 0 radical (unpaired) electrons. The number of nitrogens with one attached hydrogen (secondary N) is 1. The van der Waals surface area contributed by atoms with Crippen LogP contribution in [0.5, 0.6) is 0 Å². The molecule has 32 heavy (non-hydrogen) atoms. The van der Waals surface area contributed by atoms with Gasteiger partial charge in [0, 0.05) is 21.7 Å². The molecule has 4 aromatic rings. The summed E-state index contributed by atoms with van der Waals surface area (Å²) in [6.45, 7) is 3.71. The van der Waals surface area contributed by atoms with E-state index in [-0.39, 0.29) is 4.90 Å². The molecule has 0 aliphatic carbocycles. The van der Waals surface area contributed by atoms with Crippen molar-refractivity contribution in [2.75, 3.05) is 11.8 Å². The lowest BCUT2D eigenvalue weighted by atomic mass is 10.00. The molecule has 0 aliphatic heterocycles. The summed E-state index contributed by atoms with van der Waals surface area (Å²) < 4.78 is 33.9. The van der Waals surface area contributed by atoms with Crippen LogP contribution < -0.4 is 4.72 Å². The molecule has 0 spiro atoms. The normalized spacial score (nSPS) is 11.5. The van der Waals surface area contributed by atoms with Crippen LogP contribution in [0.3, 0.4) is 0 Å². The first kappa shape index (κ1) is 22.3. The zero-order valence-corrected chi connectivity index (χ0v) is 19.9. The van der Waals surface area contributed by atoms with Crippen molar-refractivity contribution in [3.8, 4) is 11.1 Å². The monoisotopic (exact) mass is 486 g/mol. The van der Waals surface area contributed by atoms with Gasteiger partial charge in [-0.15, -0.1) is 11.3 Å². The summed E-state index contributed by atoms with van der Waals surface area (Å²) >= 11 is 7.16. The van der Waals surface area contributed by atoms with Crippen LogP contribution in [0, 0.1) is 13.8 Å². The summed E-state index contributed by atoms with van der Waals surface area (Å²) in [5.41, 5.74) is 3.28. The van der Waals surface area contributed by atoms with Gasteiger partial charge in [0.25, 0.3) is 10.0 Å². The van der Waals surface area contributed by atoms with Gasteiger partial charge in [-0.2, -0.15) is 0 Å². The molecule has 4 rings (SSSR count). The van der Waals surface area contributed by atoms with Gasteiger partial charge in [-0.1, -0.05) is 47.5 Å². The van der Waals surface area contributed by atoms with E-state index in [0.717, 1.165) is 11.1 Å². The molecule has 0 bridgehead atoms. The molecule has 9 heteroatoms. The highest BCUT2D eigenvalue weighted by Gasteiger charge is 2.26. The predicted molar refractivity (Wildman–Crippen MR) is 128 cm³/mol. The molecule has 1 N–H and O–H groups in total. The average Bonchev–Trinajstić information content (AvgIpc) is 3.12. The van der Waals surface area contributed by atoms with Gasteiger partial charge in [-0.25, -0.2) is 18.2 Å². The van der Waals surface area contributed by atoms with Crippen LogP contribution in [0.1, 0.15) is 20.9 Å². The Bertz CT molecular complexity index is 1460. The third-order valence-electron chi connectivity index (χ3n) is 4.82. The van der Waals surface area contributed by atoms with Crippen LogP contribution in [0.4, 0.5) is 5.69 Å². The maximum atomic E-state index is 13.1. The summed E-state index contributed by atoms with van der Waals surface area (Å²) in [5, 5.41) is 0.852. The highest BCUT2D eigenvalue weighted by molar-refractivity contribution is 7.92. The van der Waals surface area contributed by atoms with Gasteiger partial charge in [0.05, 0.1) is 17.7 Å². The molecule has 0 amide bonds. The zero-order valence-electron chi connectivity index (χ0n) is 17.5. The number of halogens is 1. The van der Waals surface area contributed by atoms with E-state index in [4.69, 9.17) is 16.3 Å². The highest BCUT2D eigenvalue weighted by Crippen LogP contribution is 2.43. The van der Waals surface area contributed by atoms with Gasteiger partial charge in [0.1, 0.15) is 9.71 Å². The number of pyridine rings is 1. The Hall–Kier alpha value is -2.94. The predicted octanol–water partition coefficient (Wildman–Crippen LogP) is 5.82. The van der Waals surface area contributed by atoms with E-state index in [9.17, 15) is 13.2 Å². The Morgan fingerprint density at radius 2 is 1.84 bits per heavy atom. The first-order valence-electron chi connectivity index (χ1n) is 9.57. The van der Waals surface area contributed by atoms with Crippen molar-refractivity contribution < 1.29 is 17.9 Å². The summed E-state index contributed by atoms with van der Waals surface area (Å²) in [4.78, 5) is 18.1. The second-order valence-corrected chi connectivity index (χ2v) is 10.3. The summed E-state index contributed by atoms with van der Waals surface area (Å²) in [6.07, 6.45) is 0. The maximum absolute atomic E-state index is 13.1. The van der Waals surface area contributed by atoms with Crippen LogP contribution in [0.15, 0.2) is 59.5 Å². The Labute approximate surface area is 194 Å². The maximum Gasteiger partial charge on any atom is 0.348 e. The minimum atomic E-state index is -3.94. The Kier molecular flexibility index (Phi) is 5.94. The molecule has 0 fully saturated rings. The fraction of sp³-hybridized carbons (Fsp3) is 0.130. The second kappa shape index (κ2) is 8.54. The fourth-order valence-electron chi connectivity index (χ4n) is 3.45. The molecule has 2 heterocycles. The third-order valence-corrected chi connectivity index (χ3v) is 7.48. The van der Waals surface area contributed by atoms with E-state index in [1.54, 1.807) is 25.1 Å². The number of aryl methyl sites for hydroxylation is 2. The summed E-state index contributed by atoms with van der Waals surface area (Å²) in [6, 6.07) is 15.3. The number of anilines is 1. The van der Waals surface area contributed by atoms with E-state index in [2.05, 4.69) is 9.71 Å². The number of methoxy groups -OCH3 is 1. The van der Waals surface area contributed by atoms with Crippen molar-refractivity contribution in [3.05, 3.63) is 75.8 Å². The second-order valence-electron chi connectivity index (χ2n) is 7.22. The van der Waals surface area contributed by atoms with Crippen molar-refractivity contribution in [1.82, 2.24) is 4.98 Å². The standard InChI is InChI=1S/C23H19ClN2O4S2/c1-13-6-4-7-15(10-13)19-20-18(26-32(28,29)17-9-5-8-16(24)12-17)11-14(2)25-22(20)31-21(19)23(27)30-3/h4-12H,1-3H3,(H,25,26). The molecule has 0 saturated heterocycles. The summed E-state index contributed by atoms with van der Waals surface area (Å²) in [5.74, 6) is -0.509. The van der Waals surface area contributed by atoms with Crippen LogP contribution in [-0.2, 0) is 14.8 Å². The number of fused-ring (bicyclic) bond motifs is 1. The molecule has 2 aromatic heterocycles. The fourth-order valence-corrected chi connectivity index (χ4v) is 6.00. The van der Waals surface area contributed by atoms with E-state index in [1.165, 1.54) is 30.6 Å². The van der Waals surface area contributed by atoms with E-state index in [0.29, 0.717) is 37.1 Å². The quantitative estimate of drug-likeness (QED) is 0.359. The van der Waals surface area contributed by atoms with Crippen LogP contribution in [0.25, 0.3) is 21.3 Å². The van der Waals surface area contributed by atoms with E-state index < -0.39 is 16.0 Å². The molecule has 0 unspecified atom stereocenters. The average molecular weight is 487 g/mol. The molecule has 6 nitrogen and oxygen atoms in total. The van der Waals surface area contributed by atoms with Crippen molar-refractivity contribution in [2.24, 2.45) is 0 Å². The van der Waals surface area contributed by atoms with Crippen LogP contribution >= 0.6 is 22.9 Å². The third kappa shape index (κ3) is 4.21. The summed E-state index contributed by atoms with van der Waals surface area (Å²) in [7, 11) is -2.63. The Morgan fingerprint density at radius 3 is 2.53 bits per heavy atom. The van der Waals surface area contributed by atoms with Gasteiger partial charge < -0.3 is 4.74 Å². The number of aromatic nitrogens is 1. The number of hydrogen-bond acceptors (Lipinski definition) is 6. The number of nitrogens with zero attached hydrogens (tertiary/aromatic N) is 1. The van der Waals surface area contributed by atoms with Gasteiger partial charge in [-0.3, -0.25) is 4.72 Å². The molecule has 0 saturated carbocycles. The number of carbonyl (C=O) groups is 1. The van der Waals surface area contributed by atoms with E-state index >= 15 is 0 Å². The van der Waals surface area contributed by atoms with Crippen LogP contribution in [-0.4, -0.2) is 26.5 Å². The number of benzene rings is 2. The van der Waals surface area contributed by atoms with Crippen LogP contribution in [0.2, 0.25) is 5.02 Å². The lowest BCUT2D eigenvalue weighted by Crippen LogP contribution is -2.13. The lowest BCUT2D eigenvalue weighted by Gasteiger charge is -2.12. The van der Waals surface area contributed by atoms with Gasteiger partial charge in [-0.05, 0) is 43.7 Å². The minimum absolute atomic E-state index is 0.0353. The lowest BCUT2D eigenvalue weighted by molar-refractivity contribution is 0.0607. The highest BCUT2D eigenvalue weighted by atomic mass is 35.5. The largest absolute Gasteiger partial charge is 0.465 e.